The maximum absolute atomic E-state index is 11.6. The van der Waals surface area contributed by atoms with Crippen LogP contribution in [0.3, 0.4) is 0 Å². The molecule has 0 saturated heterocycles. The van der Waals surface area contributed by atoms with Gasteiger partial charge in [0.05, 0.1) is 16.4 Å². The van der Waals surface area contributed by atoms with Gasteiger partial charge in [0, 0.05) is 18.0 Å². The first-order valence-corrected chi connectivity index (χ1v) is 9.73. The zero-order valence-electron chi connectivity index (χ0n) is 12.7. The van der Waals surface area contributed by atoms with E-state index in [4.69, 9.17) is 16.7 Å². The van der Waals surface area contributed by atoms with Crippen LogP contribution >= 0.6 is 22.9 Å². The van der Waals surface area contributed by atoms with Gasteiger partial charge in [0.1, 0.15) is 4.90 Å². The Morgan fingerprint density at radius 1 is 1.17 bits per heavy atom. The molecule has 2 N–H and O–H groups in total. The van der Waals surface area contributed by atoms with Crippen LogP contribution in [0.4, 0.5) is 5.69 Å². The van der Waals surface area contributed by atoms with Gasteiger partial charge in [-0.1, -0.05) is 35.9 Å². The van der Waals surface area contributed by atoms with Gasteiger partial charge in [-0.05, 0) is 24.3 Å². The molecule has 8 heteroatoms. The highest BCUT2D eigenvalue weighted by Crippen LogP contribution is 2.27. The lowest BCUT2D eigenvalue weighted by molar-refractivity contribution is 0.598. The SMILES string of the molecule is Cn1c(-c2ccc(Cl)c(S(N)(=O)=O)c2)cs/c1=N/c1ccccc1. The molecule has 3 rings (SSSR count). The number of hydrogen-bond acceptors (Lipinski definition) is 4. The molecule has 0 aliphatic rings. The molecule has 1 heterocycles. The van der Waals surface area contributed by atoms with Gasteiger partial charge in [-0.3, -0.25) is 0 Å². The summed E-state index contributed by atoms with van der Waals surface area (Å²) in [4.78, 5) is 5.29. The lowest BCUT2D eigenvalue weighted by atomic mass is 10.2. The Bertz CT molecular complexity index is 1050. The summed E-state index contributed by atoms with van der Waals surface area (Å²) in [7, 11) is -2.01. The van der Waals surface area contributed by atoms with Crippen LogP contribution in [0.15, 0.2) is 63.8 Å². The number of primary sulfonamides is 1. The molecule has 0 aliphatic carbocycles. The second-order valence-electron chi connectivity index (χ2n) is 5.10. The monoisotopic (exact) mass is 379 g/mol. The van der Waals surface area contributed by atoms with Gasteiger partial charge in [0.2, 0.25) is 10.0 Å². The van der Waals surface area contributed by atoms with Crippen LogP contribution in [-0.4, -0.2) is 13.0 Å². The summed E-state index contributed by atoms with van der Waals surface area (Å²) in [6.45, 7) is 0. The molecular weight excluding hydrogens is 366 g/mol. The van der Waals surface area contributed by atoms with Crippen LogP contribution in [-0.2, 0) is 17.1 Å². The summed E-state index contributed by atoms with van der Waals surface area (Å²) < 4.78 is 25.2. The fourth-order valence-electron chi connectivity index (χ4n) is 2.23. The second-order valence-corrected chi connectivity index (χ2v) is 7.87. The number of para-hydroxylation sites is 1. The van der Waals surface area contributed by atoms with Crippen molar-refractivity contribution in [3.8, 4) is 11.3 Å². The van der Waals surface area contributed by atoms with E-state index in [0.29, 0.717) is 5.56 Å². The van der Waals surface area contributed by atoms with Crippen molar-refractivity contribution in [1.29, 1.82) is 0 Å². The zero-order valence-corrected chi connectivity index (χ0v) is 15.1. The van der Waals surface area contributed by atoms with Crippen LogP contribution in [0.1, 0.15) is 0 Å². The van der Waals surface area contributed by atoms with Crippen molar-refractivity contribution in [3.05, 3.63) is 63.7 Å². The number of halogens is 1. The molecule has 24 heavy (non-hydrogen) atoms. The van der Waals surface area contributed by atoms with E-state index in [-0.39, 0.29) is 9.92 Å². The van der Waals surface area contributed by atoms with Gasteiger partial charge < -0.3 is 4.57 Å². The third-order valence-electron chi connectivity index (χ3n) is 3.44. The maximum atomic E-state index is 11.6. The fraction of sp³-hybridized carbons (Fsp3) is 0.0625. The van der Waals surface area contributed by atoms with Crippen molar-refractivity contribution in [2.45, 2.75) is 4.90 Å². The van der Waals surface area contributed by atoms with E-state index in [1.807, 2.05) is 47.3 Å². The van der Waals surface area contributed by atoms with Crippen LogP contribution in [0, 0.1) is 0 Å². The summed E-state index contributed by atoms with van der Waals surface area (Å²) in [6.07, 6.45) is 0. The highest BCUT2D eigenvalue weighted by Gasteiger charge is 2.15. The molecule has 0 fully saturated rings. The minimum Gasteiger partial charge on any atom is -0.320 e. The molecule has 0 radical (unpaired) electrons. The summed E-state index contributed by atoms with van der Waals surface area (Å²) in [5.74, 6) is 0. The fourth-order valence-corrected chi connectivity index (χ4v) is 4.22. The highest BCUT2D eigenvalue weighted by atomic mass is 35.5. The lowest BCUT2D eigenvalue weighted by Gasteiger charge is -2.07. The first-order chi connectivity index (χ1) is 11.4. The summed E-state index contributed by atoms with van der Waals surface area (Å²) in [6, 6.07) is 14.4. The number of thiazole rings is 1. The van der Waals surface area contributed by atoms with Crippen LogP contribution in [0.5, 0.6) is 0 Å². The third-order valence-corrected chi connectivity index (χ3v) is 5.75. The average Bonchev–Trinajstić information content (AvgIpc) is 2.89. The Hall–Kier alpha value is -1.93. The Morgan fingerprint density at radius 2 is 1.88 bits per heavy atom. The lowest BCUT2D eigenvalue weighted by Crippen LogP contribution is -2.13. The molecule has 3 aromatic rings. The van der Waals surface area contributed by atoms with Crippen LogP contribution < -0.4 is 9.94 Å². The molecule has 0 bridgehead atoms. The van der Waals surface area contributed by atoms with E-state index < -0.39 is 10.0 Å². The van der Waals surface area contributed by atoms with E-state index in [2.05, 4.69) is 4.99 Å². The minimum atomic E-state index is -3.88. The Morgan fingerprint density at radius 3 is 2.54 bits per heavy atom. The molecule has 124 valence electrons. The maximum Gasteiger partial charge on any atom is 0.239 e. The van der Waals surface area contributed by atoms with E-state index in [0.717, 1.165) is 16.2 Å². The van der Waals surface area contributed by atoms with E-state index in [1.165, 1.54) is 23.5 Å². The van der Waals surface area contributed by atoms with Crippen molar-refractivity contribution >= 4 is 38.6 Å². The molecule has 0 atom stereocenters. The van der Waals surface area contributed by atoms with Crippen molar-refractivity contribution in [3.63, 3.8) is 0 Å². The average molecular weight is 380 g/mol. The van der Waals surface area contributed by atoms with E-state index in [9.17, 15) is 8.42 Å². The molecule has 0 amide bonds. The van der Waals surface area contributed by atoms with Gasteiger partial charge in [-0.15, -0.1) is 11.3 Å². The summed E-state index contributed by atoms with van der Waals surface area (Å²) in [5, 5.41) is 7.23. The number of nitrogens with two attached hydrogens (primary N) is 1. The number of benzene rings is 2. The van der Waals surface area contributed by atoms with Gasteiger partial charge in [-0.2, -0.15) is 0 Å². The molecule has 0 aliphatic heterocycles. The predicted octanol–water partition coefficient (Wildman–Crippen LogP) is 3.29. The largest absolute Gasteiger partial charge is 0.320 e. The Labute approximate surface area is 148 Å². The number of sulfonamides is 1. The summed E-state index contributed by atoms with van der Waals surface area (Å²) >= 11 is 7.40. The topological polar surface area (TPSA) is 77.5 Å². The molecule has 0 unspecified atom stereocenters. The van der Waals surface area contributed by atoms with E-state index >= 15 is 0 Å². The van der Waals surface area contributed by atoms with Crippen LogP contribution in [0.2, 0.25) is 5.02 Å². The Balaban J connectivity index is 2.11. The van der Waals surface area contributed by atoms with Gasteiger partial charge >= 0.3 is 0 Å². The Kier molecular flexibility index (Phi) is 4.60. The highest BCUT2D eigenvalue weighted by molar-refractivity contribution is 7.89. The van der Waals surface area contributed by atoms with Gasteiger partial charge in [0.25, 0.3) is 0 Å². The molecule has 2 aromatic carbocycles. The number of aromatic nitrogens is 1. The van der Waals surface area contributed by atoms with Crippen molar-refractivity contribution in [2.24, 2.45) is 17.2 Å². The van der Waals surface area contributed by atoms with Gasteiger partial charge in [0.15, 0.2) is 4.80 Å². The van der Waals surface area contributed by atoms with Crippen molar-refractivity contribution in [2.75, 3.05) is 0 Å². The zero-order chi connectivity index (χ0) is 17.3. The van der Waals surface area contributed by atoms with Gasteiger partial charge in [-0.25, -0.2) is 18.5 Å². The van der Waals surface area contributed by atoms with Crippen molar-refractivity contribution < 1.29 is 8.42 Å². The smallest absolute Gasteiger partial charge is 0.239 e. The van der Waals surface area contributed by atoms with E-state index in [1.54, 1.807) is 6.07 Å². The first kappa shape index (κ1) is 16.9. The molecule has 5 nitrogen and oxygen atoms in total. The number of hydrogen-bond donors (Lipinski definition) is 1. The number of nitrogens with zero attached hydrogens (tertiary/aromatic N) is 2. The third kappa shape index (κ3) is 3.44. The summed E-state index contributed by atoms with van der Waals surface area (Å²) in [5.41, 5.74) is 2.38. The molecule has 0 spiro atoms. The normalized spacial score (nSPS) is 12.5. The first-order valence-electron chi connectivity index (χ1n) is 6.93. The predicted molar refractivity (Wildman–Crippen MR) is 96.8 cm³/mol. The quantitative estimate of drug-likeness (QED) is 0.757. The standard InChI is InChI=1S/C16H14ClN3O2S2/c1-20-14(10-23-16(20)19-12-5-3-2-4-6-12)11-7-8-13(17)15(9-11)24(18,21)22/h2-10H,1H3,(H2,18,21,22)/b19-16+. The van der Waals surface area contributed by atoms with Crippen molar-refractivity contribution in [1.82, 2.24) is 4.57 Å². The number of rotatable bonds is 3. The molecule has 0 saturated carbocycles. The second kappa shape index (κ2) is 6.52. The van der Waals surface area contributed by atoms with Crippen LogP contribution in [0.25, 0.3) is 11.3 Å². The minimum absolute atomic E-state index is 0.0885. The molecular formula is C16H14ClN3O2S2. The molecule has 1 aromatic heterocycles.